The van der Waals surface area contributed by atoms with E-state index in [9.17, 15) is 31.2 Å². The number of ether oxygens (including phenoxy) is 1. The number of methoxy groups -OCH3 is 1. The van der Waals surface area contributed by atoms with Gasteiger partial charge in [0.05, 0.1) is 24.2 Å². The number of halogens is 3. The van der Waals surface area contributed by atoms with Crippen molar-refractivity contribution >= 4 is 27.3 Å². The first kappa shape index (κ1) is 22.0. The Morgan fingerprint density at radius 1 is 1.21 bits per heavy atom. The molecule has 1 aliphatic rings. The quantitative estimate of drug-likeness (QED) is 0.788. The molecule has 1 aliphatic heterocycles. The third-order valence-corrected chi connectivity index (χ3v) is 5.80. The summed E-state index contributed by atoms with van der Waals surface area (Å²) in [6, 6.07) is 2.46. The molecule has 1 aromatic rings. The molecule has 0 unspecified atom stereocenters. The minimum atomic E-state index is -5.58. The Morgan fingerprint density at radius 3 is 2.54 bits per heavy atom. The average molecular weight is 422 g/mol. The molecule has 0 atom stereocenters. The fourth-order valence-electron chi connectivity index (χ4n) is 2.83. The van der Waals surface area contributed by atoms with Crippen LogP contribution in [0.5, 0.6) is 5.75 Å². The molecule has 2 rings (SSSR count). The maximum absolute atomic E-state index is 12.8. The second-order valence-corrected chi connectivity index (χ2v) is 8.28. The first-order valence-electron chi connectivity index (χ1n) is 8.63. The molecule has 0 saturated carbocycles. The second-order valence-electron chi connectivity index (χ2n) is 6.34. The molecular weight excluding hydrogens is 401 g/mol. The standard InChI is InChI=1S/C17H21F3N2O5S/c1-27-14-8-7-12(28(25,26)17(18,19)20)10-13(14)21-15(23)11-22-9-5-3-2-4-6-16(22)24/h7-8,10H,2-6,9,11H2,1H3,(H,21,23). The number of rotatable bonds is 5. The summed E-state index contributed by atoms with van der Waals surface area (Å²) in [5.74, 6) is -0.836. The van der Waals surface area contributed by atoms with Crippen molar-refractivity contribution in [3.63, 3.8) is 0 Å². The molecule has 1 N–H and O–H groups in total. The molecule has 28 heavy (non-hydrogen) atoms. The molecule has 0 aromatic heterocycles. The summed E-state index contributed by atoms with van der Waals surface area (Å²) >= 11 is 0. The van der Waals surface area contributed by atoms with Gasteiger partial charge in [-0.3, -0.25) is 9.59 Å². The Morgan fingerprint density at radius 2 is 1.89 bits per heavy atom. The average Bonchev–Trinajstić information content (AvgIpc) is 2.60. The van der Waals surface area contributed by atoms with Crippen LogP contribution in [0.15, 0.2) is 23.1 Å². The molecule has 0 aliphatic carbocycles. The number of hydrogen-bond acceptors (Lipinski definition) is 5. The molecule has 1 saturated heterocycles. The fraction of sp³-hybridized carbons (Fsp3) is 0.529. The van der Waals surface area contributed by atoms with Gasteiger partial charge in [0.25, 0.3) is 9.84 Å². The Bertz CT molecular complexity index is 840. The monoisotopic (exact) mass is 422 g/mol. The van der Waals surface area contributed by atoms with Crippen LogP contribution < -0.4 is 10.1 Å². The van der Waals surface area contributed by atoms with E-state index in [1.165, 1.54) is 12.0 Å². The Kier molecular flexibility index (Phi) is 6.91. The molecule has 1 heterocycles. The molecule has 1 aromatic carbocycles. The third-order valence-electron chi connectivity index (χ3n) is 4.32. The number of likely N-dealkylation sites (tertiary alicyclic amines) is 1. The minimum Gasteiger partial charge on any atom is -0.495 e. The van der Waals surface area contributed by atoms with Gasteiger partial charge >= 0.3 is 5.51 Å². The summed E-state index contributed by atoms with van der Waals surface area (Å²) in [6.45, 7) is 0.129. The van der Waals surface area contributed by atoms with Crippen LogP contribution in [0.2, 0.25) is 0 Å². The van der Waals surface area contributed by atoms with Gasteiger partial charge in [0, 0.05) is 13.0 Å². The van der Waals surface area contributed by atoms with E-state index >= 15 is 0 Å². The SMILES string of the molecule is COc1ccc(S(=O)(=O)C(F)(F)F)cc1NC(=O)CN1CCCCCCC1=O. The largest absolute Gasteiger partial charge is 0.501 e. The van der Waals surface area contributed by atoms with Crippen LogP contribution in [0, 0.1) is 0 Å². The highest BCUT2D eigenvalue weighted by molar-refractivity contribution is 7.92. The van der Waals surface area contributed by atoms with E-state index < -0.39 is 26.1 Å². The van der Waals surface area contributed by atoms with Gasteiger partial charge in [0.1, 0.15) is 5.75 Å². The lowest BCUT2D eigenvalue weighted by Crippen LogP contribution is -2.39. The normalized spacial score (nSPS) is 16.3. The van der Waals surface area contributed by atoms with Crippen LogP contribution in [0.4, 0.5) is 18.9 Å². The lowest BCUT2D eigenvalue weighted by atomic mass is 10.1. The van der Waals surface area contributed by atoms with Crippen molar-refractivity contribution in [3.8, 4) is 5.75 Å². The summed E-state index contributed by atoms with van der Waals surface area (Å²) in [5.41, 5.74) is -5.70. The predicted octanol–water partition coefficient (Wildman–Crippen LogP) is 2.72. The number of hydrogen-bond donors (Lipinski definition) is 1. The highest BCUT2D eigenvalue weighted by Crippen LogP contribution is 2.34. The summed E-state index contributed by atoms with van der Waals surface area (Å²) in [5, 5.41) is 2.34. The number of anilines is 1. The molecule has 7 nitrogen and oxygen atoms in total. The van der Waals surface area contributed by atoms with Gasteiger partial charge in [-0.2, -0.15) is 13.2 Å². The van der Waals surface area contributed by atoms with E-state index in [2.05, 4.69) is 5.32 Å². The molecule has 0 bridgehead atoms. The van der Waals surface area contributed by atoms with Gasteiger partial charge in [-0.15, -0.1) is 0 Å². The Labute approximate surface area is 160 Å². The highest BCUT2D eigenvalue weighted by atomic mass is 32.2. The highest BCUT2D eigenvalue weighted by Gasteiger charge is 2.47. The zero-order valence-electron chi connectivity index (χ0n) is 15.2. The maximum Gasteiger partial charge on any atom is 0.501 e. The van der Waals surface area contributed by atoms with Crippen molar-refractivity contribution in [1.82, 2.24) is 4.90 Å². The predicted molar refractivity (Wildman–Crippen MR) is 94.5 cm³/mol. The van der Waals surface area contributed by atoms with Crippen LogP contribution in [0.1, 0.15) is 32.1 Å². The smallest absolute Gasteiger partial charge is 0.495 e. The molecule has 11 heteroatoms. The van der Waals surface area contributed by atoms with Crippen LogP contribution in [0.3, 0.4) is 0 Å². The number of carbonyl (C=O) groups excluding carboxylic acids is 2. The fourth-order valence-corrected chi connectivity index (χ4v) is 3.62. The van der Waals surface area contributed by atoms with Gasteiger partial charge in [-0.1, -0.05) is 12.8 Å². The lowest BCUT2D eigenvalue weighted by molar-refractivity contribution is -0.135. The van der Waals surface area contributed by atoms with Crippen molar-refractivity contribution in [3.05, 3.63) is 18.2 Å². The van der Waals surface area contributed by atoms with Gasteiger partial charge in [0.2, 0.25) is 11.8 Å². The molecule has 0 radical (unpaired) electrons. The maximum atomic E-state index is 12.8. The minimum absolute atomic E-state index is 0.00605. The lowest BCUT2D eigenvalue weighted by Gasteiger charge is -2.24. The Balaban J connectivity index is 2.20. The number of sulfone groups is 1. The number of nitrogens with zero attached hydrogens (tertiary/aromatic N) is 1. The van der Waals surface area contributed by atoms with Crippen molar-refractivity contribution < 1.29 is 35.9 Å². The number of benzene rings is 1. The van der Waals surface area contributed by atoms with Crippen molar-refractivity contribution in [1.29, 1.82) is 0 Å². The van der Waals surface area contributed by atoms with Crippen LogP contribution in [-0.4, -0.2) is 50.8 Å². The van der Waals surface area contributed by atoms with E-state index in [1.54, 1.807) is 0 Å². The summed E-state index contributed by atoms with van der Waals surface area (Å²) < 4.78 is 66.5. The zero-order chi connectivity index (χ0) is 20.9. The van der Waals surface area contributed by atoms with Gasteiger partial charge < -0.3 is 15.0 Å². The zero-order valence-corrected chi connectivity index (χ0v) is 16.0. The first-order valence-corrected chi connectivity index (χ1v) is 10.1. The summed E-state index contributed by atoms with van der Waals surface area (Å²) in [7, 11) is -4.35. The topological polar surface area (TPSA) is 92.8 Å². The van der Waals surface area contributed by atoms with E-state index in [1.807, 2.05) is 0 Å². The molecule has 2 amide bonds. The van der Waals surface area contributed by atoms with Crippen molar-refractivity contribution in [2.75, 3.05) is 25.5 Å². The van der Waals surface area contributed by atoms with Crippen LogP contribution >= 0.6 is 0 Å². The van der Waals surface area contributed by atoms with Gasteiger partial charge in [-0.05, 0) is 31.0 Å². The molecule has 156 valence electrons. The second kappa shape index (κ2) is 8.80. The van der Waals surface area contributed by atoms with Gasteiger partial charge in [-0.25, -0.2) is 8.42 Å². The van der Waals surface area contributed by atoms with Crippen LogP contribution in [0.25, 0.3) is 0 Å². The number of alkyl halides is 3. The first-order chi connectivity index (χ1) is 13.1. The van der Waals surface area contributed by atoms with E-state index in [-0.39, 0.29) is 23.9 Å². The summed E-state index contributed by atoms with van der Waals surface area (Å²) in [6.07, 6.45) is 3.71. The summed E-state index contributed by atoms with van der Waals surface area (Å²) in [4.78, 5) is 24.8. The third kappa shape index (κ3) is 5.15. The van der Waals surface area contributed by atoms with Crippen LogP contribution in [-0.2, 0) is 19.4 Å². The van der Waals surface area contributed by atoms with Crippen molar-refractivity contribution in [2.24, 2.45) is 0 Å². The Hall–Kier alpha value is -2.30. The number of amides is 2. The number of nitrogens with one attached hydrogen (secondary N) is 1. The van der Waals surface area contributed by atoms with E-state index in [0.29, 0.717) is 19.0 Å². The molecular formula is C17H21F3N2O5S. The van der Waals surface area contributed by atoms with E-state index in [4.69, 9.17) is 4.74 Å². The van der Waals surface area contributed by atoms with Gasteiger partial charge in [0.15, 0.2) is 0 Å². The van der Waals surface area contributed by atoms with E-state index in [0.717, 1.165) is 37.8 Å². The number of carbonyl (C=O) groups is 2. The molecule has 0 spiro atoms. The van der Waals surface area contributed by atoms with Crippen molar-refractivity contribution in [2.45, 2.75) is 42.5 Å². The molecule has 1 fully saturated rings.